The van der Waals surface area contributed by atoms with E-state index in [4.69, 9.17) is 9.47 Å². The number of hydrogen-bond donors (Lipinski definition) is 2. The van der Waals surface area contributed by atoms with Gasteiger partial charge in [0.1, 0.15) is 11.5 Å². The molecule has 0 unspecified atom stereocenters. The van der Waals surface area contributed by atoms with E-state index in [1.54, 1.807) is 36.7 Å². The number of allylic oxidation sites excluding steroid dienone is 8. The minimum atomic E-state index is -0.0992. The first kappa shape index (κ1) is 23.5. The third-order valence-electron chi connectivity index (χ3n) is 4.12. The van der Waals surface area contributed by atoms with E-state index in [0.29, 0.717) is 35.8 Å². The Morgan fingerprint density at radius 3 is 1.54 bits per heavy atom. The average Bonchev–Trinajstić information content (AvgIpc) is 2.64. The standard InChI is InChI=1S/C21H26N2O4.Cu/c1-21(2,13-22-11-15-5-7-17(26-3)9-19(15)24)14-23-12-16-6-8-18(27-4)10-20(16)25;/h5-12,22-23H,13-14H2,1-4H3;/b15-11-,16-12-;/i;1+3. The molecule has 2 aliphatic rings. The van der Waals surface area contributed by atoms with Crippen LogP contribution in [0.25, 0.3) is 0 Å². The molecule has 6 nitrogen and oxygen atoms in total. The largest absolute Gasteiger partial charge is 0.497 e. The molecule has 2 rings (SSSR count). The fourth-order valence-electron chi connectivity index (χ4n) is 2.46. The summed E-state index contributed by atoms with van der Waals surface area (Å²) in [5.74, 6) is 0.921. The fraction of sp³-hybridized carbons (Fsp3) is 0.333. The van der Waals surface area contributed by atoms with Crippen molar-refractivity contribution in [2.24, 2.45) is 5.41 Å². The van der Waals surface area contributed by atoms with Crippen molar-refractivity contribution in [1.82, 2.24) is 10.6 Å². The van der Waals surface area contributed by atoms with E-state index in [1.807, 2.05) is 0 Å². The van der Waals surface area contributed by atoms with Crippen LogP contribution in [0, 0.1) is 5.41 Å². The normalized spacial score (nSPS) is 19.1. The molecule has 2 aliphatic carbocycles. The molecule has 0 bridgehead atoms. The van der Waals surface area contributed by atoms with Gasteiger partial charge in [-0.1, -0.05) is 13.8 Å². The zero-order valence-corrected chi connectivity index (χ0v) is 17.4. The van der Waals surface area contributed by atoms with E-state index in [1.165, 1.54) is 26.4 Å². The van der Waals surface area contributed by atoms with Crippen molar-refractivity contribution in [1.29, 1.82) is 0 Å². The van der Waals surface area contributed by atoms with Crippen LogP contribution < -0.4 is 10.6 Å². The van der Waals surface area contributed by atoms with Gasteiger partial charge in [0.05, 0.1) is 14.2 Å². The Morgan fingerprint density at radius 1 is 0.821 bits per heavy atom. The molecular formula is C21H26CuN2O4. The molecule has 0 aromatic heterocycles. The van der Waals surface area contributed by atoms with Crippen LogP contribution in [0.4, 0.5) is 0 Å². The molecule has 0 aromatic rings. The zero-order valence-electron chi connectivity index (χ0n) is 16.5. The number of hydrogen-bond acceptors (Lipinski definition) is 6. The van der Waals surface area contributed by atoms with E-state index in [0.717, 1.165) is 0 Å². The molecule has 155 valence electrons. The summed E-state index contributed by atoms with van der Waals surface area (Å²) in [6, 6.07) is 0. The molecule has 7 heteroatoms. The summed E-state index contributed by atoms with van der Waals surface area (Å²) in [4.78, 5) is 23.9. The van der Waals surface area contributed by atoms with Crippen LogP contribution in [0.5, 0.6) is 0 Å². The monoisotopic (exact) mass is 437 g/mol. The van der Waals surface area contributed by atoms with Gasteiger partial charge in [0, 0.05) is 65.9 Å². The van der Waals surface area contributed by atoms with Crippen molar-refractivity contribution in [2.75, 3.05) is 27.3 Å². The summed E-state index contributed by atoms with van der Waals surface area (Å²) in [6.07, 6.45) is 13.3. The van der Waals surface area contributed by atoms with Crippen LogP contribution in [-0.2, 0) is 36.1 Å². The number of ether oxygens (including phenoxy) is 2. The maximum absolute atomic E-state index is 12.0. The molecule has 0 amide bonds. The SMILES string of the molecule is COC1=CC(=O)/C(=C\NCC(C)(C)CN/C=C2/C=CC(OC)=CC2=O)C=C1.[67Cu]. The summed E-state index contributed by atoms with van der Waals surface area (Å²) in [5.41, 5.74) is 1.07. The minimum absolute atomic E-state index is 0. The number of nitrogens with one attached hydrogen (secondary N) is 2. The molecule has 28 heavy (non-hydrogen) atoms. The van der Waals surface area contributed by atoms with Gasteiger partial charge in [0.2, 0.25) is 0 Å². The van der Waals surface area contributed by atoms with Crippen LogP contribution >= 0.6 is 0 Å². The molecule has 0 spiro atoms. The van der Waals surface area contributed by atoms with Gasteiger partial charge in [-0.2, -0.15) is 0 Å². The predicted molar refractivity (Wildman–Crippen MR) is 104 cm³/mol. The van der Waals surface area contributed by atoms with Crippen molar-refractivity contribution in [2.45, 2.75) is 13.8 Å². The summed E-state index contributed by atoms with van der Waals surface area (Å²) < 4.78 is 10.1. The third kappa shape index (κ3) is 6.91. The molecular weight excluding hydrogens is 411 g/mol. The Hall–Kier alpha value is -2.50. The van der Waals surface area contributed by atoms with Crippen molar-refractivity contribution >= 4 is 11.6 Å². The van der Waals surface area contributed by atoms with Gasteiger partial charge in [-0.15, -0.1) is 0 Å². The number of carbonyl (C=O) groups excluding carboxylic acids is 2. The van der Waals surface area contributed by atoms with Gasteiger partial charge < -0.3 is 20.1 Å². The van der Waals surface area contributed by atoms with E-state index >= 15 is 0 Å². The topological polar surface area (TPSA) is 76.7 Å². The Labute approximate surface area is 176 Å². The van der Waals surface area contributed by atoms with Gasteiger partial charge in [-0.25, -0.2) is 0 Å². The fourth-order valence-corrected chi connectivity index (χ4v) is 2.46. The van der Waals surface area contributed by atoms with E-state index < -0.39 is 0 Å². The van der Waals surface area contributed by atoms with Crippen LogP contribution in [0.3, 0.4) is 0 Å². The van der Waals surface area contributed by atoms with Crippen LogP contribution in [0.1, 0.15) is 13.8 Å². The second-order valence-corrected chi connectivity index (χ2v) is 7.02. The Balaban J connectivity index is 0.00000392. The molecule has 0 saturated heterocycles. The van der Waals surface area contributed by atoms with E-state index in [9.17, 15) is 9.59 Å². The Bertz CT molecular complexity index is 722. The van der Waals surface area contributed by atoms with E-state index in [-0.39, 0.29) is 34.1 Å². The summed E-state index contributed by atoms with van der Waals surface area (Å²) in [6.45, 7) is 5.50. The van der Waals surface area contributed by atoms with Crippen molar-refractivity contribution < 1.29 is 36.1 Å². The Kier molecular flexibility index (Phi) is 9.03. The van der Waals surface area contributed by atoms with Crippen LogP contribution in [0.15, 0.2) is 71.5 Å². The number of ketones is 2. The summed E-state index contributed by atoms with van der Waals surface area (Å²) in [7, 11) is 3.06. The quantitative estimate of drug-likeness (QED) is 0.448. The molecule has 0 fully saturated rings. The zero-order chi connectivity index (χ0) is 19.9. The second kappa shape index (κ2) is 10.7. The average molecular weight is 437 g/mol. The number of methoxy groups -OCH3 is 2. The van der Waals surface area contributed by atoms with Gasteiger partial charge in [-0.05, 0) is 29.7 Å². The van der Waals surface area contributed by atoms with Crippen LogP contribution in [-0.4, -0.2) is 38.9 Å². The molecule has 0 heterocycles. The minimum Gasteiger partial charge on any atom is -0.497 e. The second-order valence-electron chi connectivity index (χ2n) is 7.02. The number of rotatable bonds is 8. The van der Waals surface area contributed by atoms with Gasteiger partial charge in [0.25, 0.3) is 0 Å². The smallest absolute Gasteiger partial charge is 0.190 e. The molecule has 1 radical (unpaired) electrons. The van der Waals surface area contributed by atoms with E-state index in [2.05, 4.69) is 24.5 Å². The maximum Gasteiger partial charge on any atom is 0.190 e. The third-order valence-corrected chi connectivity index (χ3v) is 4.12. The predicted octanol–water partition coefficient (Wildman–Crippen LogP) is 2.30. The van der Waals surface area contributed by atoms with Crippen molar-refractivity contribution in [3.05, 3.63) is 71.5 Å². The maximum atomic E-state index is 12.0. The Morgan fingerprint density at radius 2 is 1.21 bits per heavy atom. The van der Waals surface area contributed by atoms with Crippen molar-refractivity contribution in [3.8, 4) is 0 Å². The van der Waals surface area contributed by atoms with Gasteiger partial charge >= 0.3 is 0 Å². The molecule has 0 atom stereocenters. The summed E-state index contributed by atoms with van der Waals surface area (Å²) >= 11 is 0. The molecule has 2 N–H and O–H groups in total. The molecule has 0 aromatic carbocycles. The first-order valence-electron chi connectivity index (χ1n) is 8.68. The summed E-state index contributed by atoms with van der Waals surface area (Å²) in [5, 5.41) is 6.39. The van der Waals surface area contributed by atoms with Crippen molar-refractivity contribution in [3.63, 3.8) is 0 Å². The van der Waals surface area contributed by atoms with Crippen LogP contribution in [0.2, 0.25) is 0 Å². The molecule has 0 aliphatic heterocycles. The van der Waals surface area contributed by atoms with Gasteiger partial charge in [0.15, 0.2) is 11.6 Å². The first-order chi connectivity index (χ1) is 12.8. The van der Waals surface area contributed by atoms with Gasteiger partial charge in [-0.3, -0.25) is 9.59 Å². The number of carbonyl (C=O) groups is 2. The first-order valence-corrected chi connectivity index (χ1v) is 8.68. The molecule has 0 saturated carbocycles.